The first-order chi connectivity index (χ1) is 17.9. The Hall–Kier alpha value is -3.15. The van der Waals surface area contributed by atoms with Gasteiger partial charge < -0.3 is 9.57 Å². The van der Waals surface area contributed by atoms with E-state index in [4.69, 9.17) is 9.57 Å². The predicted octanol–water partition coefficient (Wildman–Crippen LogP) is 6.84. The minimum Gasteiger partial charge on any atom is -0.441 e. The molecule has 4 rings (SSSR count). The number of rotatable bonds is 12. The zero-order valence-corrected chi connectivity index (χ0v) is 22.4. The maximum atomic E-state index is 13.4. The summed E-state index contributed by atoms with van der Waals surface area (Å²) in [6.45, 7) is 5.94. The fraction of sp³-hybridized carbons (Fsp3) is 0.516. The van der Waals surface area contributed by atoms with Gasteiger partial charge >= 0.3 is 6.09 Å². The van der Waals surface area contributed by atoms with Crippen LogP contribution in [0, 0.1) is 0 Å². The van der Waals surface area contributed by atoms with Crippen molar-refractivity contribution in [3.63, 3.8) is 0 Å². The number of imide groups is 1. The number of carbonyl (C=O) groups is 2. The predicted molar refractivity (Wildman–Crippen MR) is 146 cm³/mol. The van der Waals surface area contributed by atoms with Crippen LogP contribution in [-0.2, 0) is 27.2 Å². The van der Waals surface area contributed by atoms with Crippen molar-refractivity contribution in [2.45, 2.75) is 103 Å². The number of ether oxygens (including phenoxy) is 1. The summed E-state index contributed by atoms with van der Waals surface area (Å²) in [7, 11) is 0. The molecule has 198 valence electrons. The molecule has 2 amide bonds. The lowest BCUT2D eigenvalue weighted by Gasteiger charge is -2.28. The normalized spacial score (nSPS) is 20.5. The number of unbranched alkanes of at least 4 members (excludes halogenated alkanes) is 6. The second-order valence-corrected chi connectivity index (χ2v) is 10.8. The van der Waals surface area contributed by atoms with Gasteiger partial charge in [-0.05, 0) is 49.8 Å². The molecule has 0 N–H and O–H groups in total. The Bertz CT molecular complexity index is 1080. The average Bonchev–Trinajstić information content (AvgIpc) is 3.46. The van der Waals surface area contributed by atoms with Crippen molar-refractivity contribution < 1.29 is 19.2 Å². The Morgan fingerprint density at radius 2 is 1.62 bits per heavy atom. The van der Waals surface area contributed by atoms with Crippen molar-refractivity contribution in [2.24, 2.45) is 5.16 Å². The van der Waals surface area contributed by atoms with E-state index in [1.165, 1.54) is 55.4 Å². The second-order valence-electron chi connectivity index (χ2n) is 10.8. The summed E-state index contributed by atoms with van der Waals surface area (Å²) in [6.07, 6.45) is 9.59. The summed E-state index contributed by atoms with van der Waals surface area (Å²) >= 11 is 0. The number of amides is 2. The maximum absolute atomic E-state index is 13.4. The highest BCUT2D eigenvalue weighted by Crippen LogP contribution is 2.33. The van der Waals surface area contributed by atoms with Gasteiger partial charge in [0.1, 0.15) is 5.60 Å². The smallest absolute Gasteiger partial charge is 0.417 e. The average molecular weight is 505 g/mol. The standard InChI is InChI=1S/C31H40N2O4/c1-4-5-6-7-8-9-11-14-23-17-19-25(20-18-23)26-22-27(37-32-26)29(34)33-28(31(2,3)36-30(33)35)21-24-15-12-10-13-16-24/h10,12-13,15-20,27-28H,4-9,11,14,21-22H2,1-3H3/t27-,28-/m0/s1. The number of carbonyl (C=O) groups excluding carboxylic acids is 2. The maximum Gasteiger partial charge on any atom is 0.417 e. The largest absolute Gasteiger partial charge is 0.441 e. The van der Waals surface area contributed by atoms with Crippen molar-refractivity contribution in [1.29, 1.82) is 0 Å². The molecule has 2 atom stereocenters. The van der Waals surface area contributed by atoms with Gasteiger partial charge in [0.15, 0.2) is 0 Å². The molecule has 6 nitrogen and oxygen atoms in total. The summed E-state index contributed by atoms with van der Waals surface area (Å²) < 4.78 is 5.59. The molecule has 0 bridgehead atoms. The van der Waals surface area contributed by atoms with Gasteiger partial charge in [0, 0.05) is 6.42 Å². The Morgan fingerprint density at radius 3 is 2.32 bits per heavy atom. The van der Waals surface area contributed by atoms with Crippen LogP contribution in [0.15, 0.2) is 59.8 Å². The highest BCUT2D eigenvalue weighted by molar-refractivity contribution is 6.06. The minimum absolute atomic E-state index is 0.332. The Morgan fingerprint density at radius 1 is 0.946 bits per heavy atom. The van der Waals surface area contributed by atoms with Crippen molar-refractivity contribution in [3.05, 3.63) is 71.3 Å². The van der Waals surface area contributed by atoms with Gasteiger partial charge in [-0.2, -0.15) is 0 Å². The lowest BCUT2D eigenvalue weighted by Crippen LogP contribution is -2.49. The van der Waals surface area contributed by atoms with E-state index < -0.39 is 29.7 Å². The van der Waals surface area contributed by atoms with Crippen LogP contribution in [0.5, 0.6) is 0 Å². The Labute approximate surface area is 221 Å². The topological polar surface area (TPSA) is 68.2 Å². The van der Waals surface area contributed by atoms with Crippen LogP contribution in [0.25, 0.3) is 0 Å². The summed E-state index contributed by atoms with van der Waals surface area (Å²) in [5, 5.41) is 4.21. The van der Waals surface area contributed by atoms with Crippen LogP contribution >= 0.6 is 0 Å². The van der Waals surface area contributed by atoms with Crippen LogP contribution in [0.1, 0.15) is 88.8 Å². The molecule has 2 aliphatic rings. The molecule has 2 aromatic carbocycles. The van der Waals surface area contributed by atoms with Gasteiger partial charge in [0.25, 0.3) is 5.91 Å². The number of cyclic esters (lactones) is 1. The first-order valence-electron chi connectivity index (χ1n) is 13.8. The van der Waals surface area contributed by atoms with Crippen LogP contribution < -0.4 is 0 Å². The highest BCUT2D eigenvalue weighted by atomic mass is 16.6. The molecule has 0 unspecified atom stereocenters. The molecule has 0 aromatic heterocycles. The van der Waals surface area contributed by atoms with Gasteiger partial charge in [-0.3, -0.25) is 4.79 Å². The summed E-state index contributed by atoms with van der Waals surface area (Å²) in [5.41, 5.74) is 3.24. The van der Waals surface area contributed by atoms with Crippen molar-refractivity contribution in [3.8, 4) is 0 Å². The van der Waals surface area contributed by atoms with E-state index in [1.54, 1.807) is 0 Å². The monoisotopic (exact) mass is 504 g/mol. The van der Waals surface area contributed by atoms with Crippen LogP contribution in [0.3, 0.4) is 0 Å². The number of aryl methyl sites for hydroxylation is 1. The highest BCUT2D eigenvalue weighted by Gasteiger charge is 2.52. The fourth-order valence-electron chi connectivity index (χ4n) is 5.18. The second kappa shape index (κ2) is 12.4. The summed E-state index contributed by atoms with van der Waals surface area (Å²) in [4.78, 5) is 33.0. The Kier molecular flexibility index (Phi) is 9.01. The number of benzene rings is 2. The molecule has 0 radical (unpaired) electrons. The van der Waals surface area contributed by atoms with Crippen LogP contribution in [0.4, 0.5) is 4.79 Å². The van der Waals surface area contributed by atoms with Crippen LogP contribution in [-0.4, -0.2) is 40.4 Å². The van der Waals surface area contributed by atoms with E-state index in [1.807, 2.05) is 44.2 Å². The van der Waals surface area contributed by atoms with E-state index in [2.05, 4.69) is 36.3 Å². The molecule has 1 saturated heterocycles. The third-order valence-electron chi connectivity index (χ3n) is 7.47. The molecule has 37 heavy (non-hydrogen) atoms. The molecule has 2 aliphatic heterocycles. The molecule has 1 fully saturated rings. The lowest BCUT2D eigenvalue weighted by molar-refractivity contribution is -0.140. The molecule has 2 heterocycles. The van der Waals surface area contributed by atoms with Crippen molar-refractivity contribution in [1.82, 2.24) is 4.90 Å². The van der Waals surface area contributed by atoms with Gasteiger partial charge in [0.05, 0.1) is 11.8 Å². The summed E-state index contributed by atoms with van der Waals surface area (Å²) in [6, 6.07) is 17.8. The SMILES string of the molecule is CCCCCCCCCc1ccc(C2=NO[C@H](C(=O)N3C(=O)OC(C)(C)[C@@H]3Cc3ccccc3)C2)cc1. The van der Waals surface area contributed by atoms with Crippen molar-refractivity contribution in [2.75, 3.05) is 0 Å². The third kappa shape index (κ3) is 6.79. The number of hydrogen-bond donors (Lipinski definition) is 0. The molecule has 0 saturated carbocycles. The van der Waals surface area contributed by atoms with E-state index in [-0.39, 0.29) is 0 Å². The number of nitrogens with zero attached hydrogens (tertiary/aromatic N) is 2. The fourth-order valence-corrected chi connectivity index (χ4v) is 5.18. The van der Waals surface area contributed by atoms with E-state index >= 15 is 0 Å². The molecular weight excluding hydrogens is 464 g/mol. The quantitative estimate of drug-likeness (QED) is 0.297. The van der Waals surface area contributed by atoms with E-state index in [0.29, 0.717) is 12.8 Å². The minimum atomic E-state index is -0.831. The summed E-state index contributed by atoms with van der Waals surface area (Å²) in [5.74, 6) is -0.397. The number of oxime groups is 1. The first kappa shape index (κ1) is 26.9. The van der Waals surface area contributed by atoms with Gasteiger partial charge in [-0.15, -0.1) is 0 Å². The van der Waals surface area contributed by atoms with Crippen molar-refractivity contribution >= 4 is 17.7 Å². The lowest BCUT2D eigenvalue weighted by atomic mass is 9.91. The van der Waals surface area contributed by atoms with E-state index in [9.17, 15) is 9.59 Å². The number of hydrogen-bond acceptors (Lipinski definition) is 5. The van der Waals surface area contributed by atoms with Crippen LogP contribution in [0.2, 0.25) is 0 Å². The first-order valence-corrected chi connectivity index (χ1v) is 13.8. The molecule has 0 spiro atoms. The molecule has 0 aliphatic carbocycles. The third-order valence-corrected chi connectivity index (χ3v) is 7.47. The van der Waals surface area contributed by atoms with Gasteiger partial charge in [0.2, 0.25) is 6.10 Å². The molecule has 2 aromatic rings. The van der Waals surface area contributed by atoms with E-state index in [0.717, 1.165) is 23.3 Å². The molecule has 6 heteroatoms. The zero-order chi connectivity index (χ0) is 26.3. The van der Waals surface area contributed by atoms with Gasteiger partial charge in [-0.25, -0.2) is 9.69 Å². The molecular formula is C31H40N2O4. The zero-order valence-electron chi connectivity index (χ0n) is 22.4. The van der Waals surface area contributed by atoms with Gasteiger partial charge in [-0.1, -0.05) is 105 Å². The Balaban J connectivity index is 1.31.